The zero-order valence-corrected chi connectivity index (χ0v) is 12.6. The van der Waals surface area contributed by atoms with Gasteiger partial charge in [0, 0.05) is 11.8 Å². The Hall–Kier alpha value is -3.02. The predicted molar refractivity (Wildman–Crippen MR) is 84.9 cm³/mol. The van der Waals surface area contributed by atoms with E-state index in [9.17, 15) is 9.59 Å². The lowest BCUT2D eigenvalue weighted by atomic mass is 10.1. The minimum Gasteiger partial charge on any atom is -0.497 e. The highest BCUT2D eigenvalue weighted by atomic mass is 16.5. The maximum absolute atomic E-state index is 12.0. The van der Waals surface area contributed by atoms with E-state index in [1.165, 1.54) is 0 Å². The molecule has 6 heteroatoms. The quantitative estimate of drug-likeness (QED) is 0.819. The summed E-state index contributed by atoms with van der Waals surface area (Å²) in [5, 5.41) is 11.3. The SMILES string of the molecule is COc1ccc(CC(=O)Nc2cccc(OCC(=O)O)c2)cc1. The Morgan fingerprint density at radius 2 is 1.83 bits per heavy atom. The van der Waals surface area contributed by atoms with Crippen molar-refractivity contribution < 1.29 is 24.2 Å². The van der Waals surface area contributed by atoms with Gasteiger partial charge in [0.1, 0.15) is 11.5 Å². The highest BCUT2D eigenvalue weighted by Crippen LogP contribution is 2.18. The molecule has 2 aromatic carbocycles. The number of rotatable bonds is 7. The molecule has 23 heavy (non-hydrogen) atoms. The van der Waals surface area contributed by atoms with E-state index in [0.29, 0.717) is 11.4 Å². The molecule has 0 saturated heterocycles. The molecule has 0 aliphatic carbocycles. The molecule has 0 radical (unpaired) electrons. The number of anilines is 1. The van der Waals surface area contributed by atoms with Crippen LogP contribution in [-0.2, 0) is 16.0 Å². The third-order valence-corrected chi connectivity index (χ3v) is 3.00. The molecular formula is C17H17NO5. The Morgan fingerprint density at radius 3 is 2.48 bits per heavy atom. The Balaban J connectivity index is 1.93. The van der Waals surface area contributed by atoms with Gasteiger partial charge in [-0.1, -0.05) is 18.2 Å². The van der Waals surface area contributed by atoms with Gasteiger partial charge in [0.15, 0.2) is 6.61 Å². The molecule has 0 unspecified atom stereocenters. The summed E-state index contributed by atoms with van der Waals surface area (Å²) in [7, 11) is 1.58. The number of benzene rings is 2. The number of nitrogens with one attached hydrogen (secondary N) is 1. The molecular weight excluding hydrogens is 298 g/mol. The lowest BCUT2D eigenvalue weighted by Crippen LogP contribution is -2.14. The first-order valence-electron chi connectivity index (χ1n) is 6.94. The largest absolute Gasteiger partial charge is 0.497 e. The van der Waals surface area contributed by atoms with Crippen LogP contribution in [0.25, 0.3) is 0 Å². The van der Waals surface area contributed by atoms with Crippen LogP contribution < -0.4 is 14.8 Å². The molecule has 2 aromatic rings. The molecule has 2 rings (SSSR count). The molecule has 120 valence electrons. The zero-order chi connectivity index (χ0) is 16.7. The highest BCUT2D eigenvalue weighted by Gasteiger charge is 2.06. The second-order valence-electron chi connectivity index (χ2n) is 4.78. The first-order chi connectivity index (χ1) is 11.1. The topological polar surface area (TPSA) is 84.9 Å². The minimum atomic E-state index is -1.06. The molecule has 0 aliphatic heterocycles. The molecule has 0 bridgehead atoms. The second-order valence-corrected chi connectivity index (χ2v) is 4.78. The van der Waals surface area contributed by atoms with E-state index >= 15 is 0 Å². The Kier molecular flexibility index (Phi) is 5.57. The fraction of sp³-hybridized carbons (Fsp3) is 0.176. The van der Waals surface area contributed by atoms with Crippen LogP contribution in [0.5, 0.6) is 11.5 Å². The Labute approximate surface area is 133 Å². The van der Waals surface area contributed by atoms with Gasteiger partial charge in [-0.05, 0) is 29.8 Å². The average Bonchev–Trinajstić information content (AvgIpc) is 2.54. The number of ether oxygens (including phenoxy) is 2. The summed E-state index contributed by atoms with van der Waals surface area (Å²) in [6.45, 7) is -0.427. The van der Waals surface area contributed by atoms with E-state index in [1.807, 2.05) is 12.1 Å². The Morgan fingerprint density at radius 1 is 1.09 bits per heavy atom. The summed E-state index contributed by atoms with van der Waals surface area (Å²) in [6, 6.07) is 13.8. The second kappa shape index (κ2) is 7.84. The minimum absolute atomic E-state index is 0.175. The summed E-state index contributed by atoms with van der Waals surface area (Å²) in [5.41, 5.74) is 1.41. The molecule has 0 aromatic heterocycles. The van der Waals surface area contributed by atoms with Crippen LogP contribution in [0.3, 0.4) is 0 Å². The van der Waals surface area contributed by atoms with Crippen molar-refractivity contribution in [1.29, 1.82) is 0 Å². The monoisotopic (exact) mass is 315 g/mol. The standard InChI is InChI=1S/C17H17NO5/c1-22-14-7-5-12(6-8-14)9-16(19)18-13-3-2-4-15(10-13)23-11-17(20)21/h2-8,10H,9,11H2,1H3,(H,18,19)(H,20,21). The van der Waals surface area contributed by atoms with Crippen molar-refractivity contribution in [2.24, 2.45) is 0 Å². The number of carboxylic acids is 1. The fourth-order valence-corrected chi connectivity index (χ4v) is 1.94. The third kappa shape index (κ3) is 5.35. The van der Waals surface area contributed by atoms with Gasteiger partial charge in [-0.15, -0.1) is 0 Å². The van der Waals surface area contributed by atoms with Crippen molar-refractivity contribution in [2.75, 3.05) is 19.0 Å². The zero-order valence-electron chi connectivity index (χ0n) is 12.6. The molecule has 0 aliphatic rings. The smallest absolute Gasteiger partial charge is 0.341 e. The van der Waals surface area contributed by atoms with Gasteiger partial charge in [0.05, 0.1) is 13.5 Å². The summed E-state index contributed by atoms with van der Waals surface area (Å²) in [4.78, 5) is 22.5. The van der Waals surface area contributed by atoms with Crippen molar-refractivity contribution in [3.8, 4) is 11.5 Å². The molecule has 1 amide bonds. The lowest BCUT2D eigenvalue weighted by molar-refractivity contribution is -0.139. The van der Waals surface area contributed by atoms with Crippen LogP contribution in [0.2, 0.25) is 0 Å². The van der Waals surface area contributed by atoms with Crippen LogP contribution >= 0.6 is 0 Å². The van der Waals surface area contributed by atoms with Crippen molar-refractivity contribution in [2.45, 2.75) is 6.42 Å². The third-order valence-electron chi connectivity index (χ3n) is 3.00. The van der Waals surface area contributed by atoms with Gasteiger partial charge in [0.2, 0.25) is 5.91 Å². The van der Waals surface area contributed by atoms with Gasteiger partial charge >= 0.3 is 5.97 Å². The van der Waals surface area contributed by atoms with Crippen LogP contribution in [0.15, 0.2) is 48.5 Å². The molecule has 0 spiro atoms. The normalized spacial score (nSPS) is 9.96. The van der Waals surface area contributed by atoms with Crippen LogP contribution in [0.1, 0.15) is 5.56 Å². The van der Waals surface area contributed by atoms with E-state index in [4.69, 9.17) is 14.6 Å². The van der Waals surface area contributed by atoms with E-state index in [0.717, 1.165) is 11.3 Å². The number of hydrogen-bond acceptors (Lipinski definition) is 4. The number of hydrogen-bond donors (Lipinski definition) is 2. The first kappa shape index (κ1) is 16.4. The van der Waals surface area contributed by atoms with Gasteiger partial charge in [-0.3, -0.25) is 4.79 Å². The summed E-state index contributed by atoms with van der Waals surface area (Å²) >= 11 is 0. The van der Waals surface area contributed by atoms with E-state index in [-0.39, 0.29) is 12.3 Å². The average molecular weight is 315 g/mol. The number of amides is 1. The molecule has 0 heterocycles. The van der Waals surface area contributed by atoms with Crippen molar-refractivity contribution >= 4 is 17.6 Å². The molecule has 6 nitrogen and oxygen atoms in total. The van der Waals surface area contributed by atoms with Gasteiger partial charge in [-0.2, -0.15) is 0 Å². The van der Waals surface area contributed by atoms with Crippen LogP contribution in [0.4, 0.5) is 5.69 Å². The number of aliphatic carboxylic acids is 1. The Bertz CT molecular complexity index is 682. The number of methoxy groups -OCH3 is 1. The molecule has 0 saturated carbocycles. The van der Waals surface area contributed by atoms with Crippen molar-refractivity contribution in [1.82, 2.24) is 0 Å². The highest BCUT2D eigenvalue weighted by molar-refractivity contribution is 5.92. The molecule has 0 atom stereocenters. The van der Waals surface area contributed by atoms with Crippen LogP contribution in [0, 0.1) is 0 Å². The summed E-state index contributed by atoms with van der Waals surface area (Å²) in [6.07, 6.45) is 0.226. The number of carbonyl (C=O) groups is 2. The molecule has 0 fully saturated rings. The fourth-order valence-electron chi connectivity index (χ4n) is 1.94. The lowest BCUT2D eigenvalue weighted by Gasteiger charge is -2.08. The van der Waals surface area contributed by atoms with E-state index < -0.39 is 12.6 Å². The van der Waals surface area contributed by atoms with Gasteiger partial charge < -0.3 is 19.9 Å². The first-order valence-corrected chi connectivity index (χ1v) is 6.94. The van der Waals surface area contributed by atoms with Crippen molar-refractivity contribution in [3.05, 3.63) is 54.1 Å². The van der Waals surface area contributed by atoms with Gasteiger partial charge in [-0.25, -0.2) is 4.79 Å². The predicted octanol–water partition coefficient (Wildman–Crippen LogP) is 2.34. The van der Waals surface area contributed by atoms with E-state index in [2.05, 4.69) is 5.32 Å². The number of carbonyl (C=O) groups excluding carboxylic acids is 1. The summed E-state index contributed by atoms with van der Waals surface area (Å²) in [5.74, 6) is -0.114. The maximum Gasteiger partial charge on any atom is 0.341 e. The number of carboxylic acid groups (broad SMARTS) is 1. The van der Waals surface area contributed by atoms with Crippen molar-refractivity contribution in [3.63, 3.8) is 0 Å². The van der Waals surface area contributed by atoms with Crippen LogP contribution in [-0.4, -0.2) is 30.7 Å². The van der Waals surface area contributed by atoms with Gasteiger partial charge in [0.25, 0.3) is 0 Å². The maximum atomic E-state index is 12.0. The summed E-state index contributed by atoms with van der Waals surface area (Å²) < 4.78 is 10.1. The van der Waals surface area contributed by atoms with E-state index in [1.54, 1.807) is 43.5 Å². The molecule has 2 N–H and O–H groups in total.